The molecule has 1 N–H and O–H groups in total. The van der Waals surface area contributed by atoms with Crippen LogP contribution < -0.4 is 19.0 Å². The summed E-state index contributed by atoms with van der Waals surface area (Å²) in [6, 6.07) is 15.8. The summed E-state index contributed by atoms with van der Waals surface area (Å²) in [5.41, 5.74) is 1.15. The highest BCUT2D eigenvalue weighted by atomic mass is 32.2. The lowest BCUT2D eigenvalue weighted by atomic mass is 10.1. The summed E-state index contributed by atoms with van der Waals surface area (Å²) in [6.45, 7) is 4.59. The molecule has 3 aromatic carbocycles. The number of rotatable bonds is 10. The Balaban J connectivity index is 1.86. The van der Waals surface area contributed by atoms with Crippen LogP contribution in [0.15, 0.2) is 71.6 Å². The summed E-state index contributed by atoms with van der Waals surface area (Å²) in [7, 11) is -1.33. The van der Waals surface area contributed by atoms with E-state index >= 15 is 0 Å². The van der Waals surface area contributed by atoms with E-state index in [4.69, 9.17) is 13.7 Å². The van der Waals surface area contributed by atoms with E-state index in [0.29, 0.717) is 23.5 Å². The SMILES string of the molecule is COc1ccccc1NC(=O)N(Cc1ccc(OC)c(OS(=O)(=O)c2ccc(F)cc2)c1)CC(C)C. The number of carbonyl (C=O) groups is 1. The average molecular weight is 517 g/mol. The first-order valence-electron chi connectivity index (χ1n) is 11.2. The first-order valence-corrected chi connectivity index (χ1v) is 12.6. The molecule has 3 rings (SSSR count). The molecule has 0 bridgehead atoms. The van der Waals surface area contributed by atoms with Crippen molar-refractivity contribution < 1.29 is 31.3 Å². The van der Waals surface area contributed by atoms with E-state index in [0.717, 1.165) is 24.3 Å². The predicted molar refractivity (Wildman–Crippen MR) is 134 cm³/mol. The lowest BCUT2D eigenvalue weighted by molar-refractivity contribution is 0.201. The lowest BCUT2D eigenvalue weighted by Gasteiger charge is -2.26. The molecule has 0 radical (unpaired) electrons. The molecule has 36 heavy (non-hydrogen) atoms. The first kappa shape index (κ1) is 26.8. The number of carbonyl (C=O) groups excluding carboxylic acids is 1. The van der Waals surface area contributed by atoms with Gasteiger partial charge in [0.1, 0.15) is 16.5 Å². The number of methoxy groups -OCH3 is 2. The maximum atomic E-state index is 13.2. The van der Waals surface area contributed by atoms with E-state index < -0.39 is 15.9 Å². The molecule has 0 heterocycles. The monoisotopic (exact) mass is 516 g/mol. The Bertz CT molecular complexity index is 1300. The van der Waals surface area contributed by atoms with Crippen molar-refractivity contribution in [2.24, 2.45) is 5.92 Å². The number of hydrogen-bond acceptors (Lipinski definition) is 6. The molecule has 0 aliphatic rings. The number of benzene rings is 3. The molecule has 0 saturated carbocycles. The fraction of sp³-hybridized carbons (Fsp3) is 0.269. The first-order chi connectivity index (χ1) is 17.1. The average Bonchev–Trinajstić information content (AvgIpc) is 2.84. The van der Waals surface area contributed by atoms with Gasteiger partial charge in [0.25, 0.3) is 0 Å². The van der Waals surface area contributed by atoms with Crippen molar-refractivity contribution in [3.63, 3.8) is 0 Å². The second kappa shape index (κ2) is 11.8. The van der Waals surface area contributed by atoms with Crippen LogP contribution >= 0.6 is 0 Å². The largest absolute Gasteiger partial charge is 0.495 e. The number of nitrogens with zero attached hydrogens (tertiary/aromatic N) is 1. The second-order valence-electron chi connectivity index (χ2n) is 8.38. The summed E-state index contributed by atoms with van der Waals surface area (Å²) in [6.07, 6.45) is 0. The summed E-state index contributed by atoms with van der Waals surface area (Å²) in [5.74, 6) is 0.278. The van der Waals surface area contributed by atoms with Gasteiger partial charge in [-0.15, -0.1) is 0 Å². The topological polar surface area (TPSA) is 94.2 Å². The predicted octanol–water partition coefficient (Wildman–Crippen LogP) is 5.30. The Kier molecular flexibility index (Phi) is 8.76. The van der Waals surface area contributed by atoms with Gasteiger partial charge in [-0.3, -0.25) is 0 Å². The number of nitrogens with one attached hydrogen (secondary N) is 1. The van der Waals surface area contributed by atoms with Gasteiger partial charge in [0, 0.05) is 13.1 Å². The molecule has 0 atom stereocenters. The quantitative estimate of drug-likeness (QED) is 0.368. The van der Waals surface area contributed by atoms with Crippen LogP contribution in [0.5, 0.6) is 17.2 Å². The van der Waals surface area contributed by atoms with Crippen molar-refractivity contribution in [2.45, 2.75) is 25.3 Å². The Morgan fingerprint density at radius 3 is 2.25 bits per heavy atom. The zero-order chi connectivity index (χ0) is 26.3. The molecular formula is C26H29FN2O6S. The molecule has 0 spiro atoms. The van der Waals surface area contributed by atoms with Crippen LogP contribution in [-0.4, -0.2) is 40.1 Å². The molecule has 192 valence electrons. The standard InChI is InChI=1S/C26H29FN2O6S/c1-18(2)16-29(26(30)28-22-7-5-6-8-23(22)33-3)17-19-9-14-24(34-4)25(15-19)35-36(31,32)21-12-10-20(27)11-13-21/h5-15,18H,16-17H2,1-4H3,(H,28,30). The molecule has 3 aromatic rings. The van der Waals surface area contributed by atoms with Crippen LogP contribution in [0.2, 0.25) is 0 Å². The van der Waals surface area contributed by atoms with Gasteiger partial charge >= 0.3 is 16.1 Å². The Morgan fingerprint density at radius 2 is 1.61 bits per heavy atom. The van der Waals surface area contributed by atoms with Crippen molar-refractivity contribution in [2.75, 3.05) is 26.1 Å². The van der Waals surface area contributed by atoms with Gasteiger partial charge in [-0.2, -0.15) is 8.42 Å². The van der Waals surface area contributed by atoms with Crippen molar-refractivity contribution in [3.05, 3.63) is 78.1 Å². The van der Waals surface area contributed by atoms with E-state index in [1.54, 1.807) is 41.3 Å². The van der Waals surface area contributed by atoms with Gasteiger partial charge in [0.05, 0.1) is 19.9 Å². The van der Waals surface area contributed by atoms with E-state index in [-0.39, 0.29) is 34.9 Å². The number of urea groups is 1. The summed E-state index contributed by atoms with van der Waals surface area (Å²) < 4.78 is 54.6. The number of ether oxygens (including phenoxy) is 2. The van der Waals surface area contributed by atoms with Gasteiger partial charge in [0.2, 0.25) is 0 Å². The summed E-state index contributed by atoms with van der Waals surface area (Å²) in [5, 5.41) is 2.87. The highest BCUT2D eigenvalue weighted by molar-refractivity contribution is 7.87. The van der Waals surface area contributed by atoms with Crippen molar-refractivity contribution in [3.8, 4) is 17.2 Å². The number of anilines is 1. The molecule has 10 heteroatoms. The number of hydrogen-bond donors (Lipinski definition) is 1. The van der Waals surface area contributed by atoms with Crippen molar-refractivity contribution >= 4 is 21.8 Å². The Labute approximate surface area is 210 Å². The fourth-order valence-corrected chi connectivity index (χ4v) is 4.41. The minimum absolute atomic E-state index is 0.0473. The van der Waals surface area contributed by atoms with E-state index in [9.17, 15) is 17.6 Å². The number of halogens is 1. The highest BCUT2D eigenvalue weighted by Gasteiger charge is 2.22. The Morgan fingerprint density at radius 1 is 0.944 bits per heavy atom. The van der Waals surface area contributed by atoms with E-state index in [1.165, 1.54) is 20.3 Å². The maximum Gasteiger partial charge on any atom is 0.339 e. The summed E-state index contributed by atoms with van der Waals surface area (Å²) >= 11 is 0. The molecule has 0 aromatic heterocycles. The highest BCUT2D eigenvalue weighted by Crippen LogP contribution is 2.32. The number of para-hydroxylation sites is 2. The zero-order valence-corrected chi connectivity index (χ0v) is 21.3. The molecule has 0 unspecified atom stereocenters. The van der Waals surface area contributed by atoms with Crippen LogP contribution in [0.3, 0.4) is 0 Å². The third-order valence-corrected chi connectivity index (χ3v) is 6.37. The molecule has 0 saturated heterocycles. The third kappa shape index (κ3) is 6.88. The maximum absolute atomic E-state index is 13.2. The van der Waals surface area contributed by atoms with Crippen molar-refractivity contribution in [1.82, 2.24) is 4.90 Å². The molecule has 0 aliphatic heterocycles. The van der Waals surface area contributed by atoms with E-state index in [2.05, 4.69) is 5.32 Å². The number of amides is 2. The lowest BCUT2D eigenvalue weighted by Crippen LogP contribution is -2.37. The van der Waals surface area contributed by atoms with Gasteiger partial charge in [0.15, 0.2) is 11.5 Å². The van der Waals surface area contributed by atoms with Gasteiger partial charge in [-0.25, -0.2) is 9.18 Å². The minimum atomic E-state index is -4.25. The third-order valence-electron chi connectivity index (χ3n) is 5.12. The van der Waals surface area contributed by atoms with E-state index in [1.807, 2.05) is 13.8 Å². The van der Waals surface area contributed by atoms with Crippen molar-refractivity contribution in [1.29, 1.82) is 0 Å². The normalized spacial score (nSPS) is 11.2. The molecule has 2 amide bonds. The minimum Gasteiger partial charge on any atom is -0.495 e. The molecular weight excluding hydrogens is 487 g/mol. The van der Waals surface area contributed by atoms with Gasteiger partial charge in [-0.1, -0.05) is 32.0 Å². The van der Waals surface area contributed by atoms with Crippen LogP contribution in [0.25, 0.3) is 0 Å². The van der Waals surface area contributed by atoms with Crippen LogP contribution in [-0.2, 0) is 16.7 Å². The van der Waals surface area contributed by atoms with Gasteiger partial charge < -0.3 is 23.9 Å². The smallest absolute Gasteiger partial charge is 0.339 e. The van der Waals surface area contributed by atoms with Gasteiger partial charge in [-0.05, 0) is 60.0 Å². The van der Waals surface area contributed by atoms with Crippen LogP contribution in [0, 0.1) is 11.7 Å². The Hall–Kier alpha value is -3.79. The second-order valence-corrected chi connectivity index (χ2v) is 9.93. The molecule has 8 nitrogen and oxygen atoms in total. The molecule has 0 aliphatic carbocycles. The van der Waals surface area contributed by atoms with Crippen LogP contribution in [0.4, 0.5) is 14.9 Å². The van der Waals surface area contributed by atoms with Crippen LogP contribution in [0.1, 0.15) is 19.4 Å². The zero-order valence-electron chi connectivity index (χ0n) is 20.5. The molecule has 0 fully saturated rings. The summed E-state index contributed by atoms with van der Waals surface area (Å²) in [4.78, 5) is 14.6. The fourth-order valence-electron chi connectivity index (χ4n) is 3.47.